The topological polar surface area (TPSA) is 126 Å². The summed E-state index contributed by atoms with van der Waals surface area (Å²) in [6.07, 6.45) is -0.430. The average Bonchev–Trinajstić information content (AvgIpc) is 3.11. The van der Waals surface area contributed by atoms with Gasteiger partial charge in [0.25, 0.3) is 15.9 Å². The summed E-state index contributed by atoms with van der Waals surface area (Å²) < 4.78 is 52.9. The molecule has 0 amide bonds. The third-order valence-corrected chi connectivity index (χ3v) is 7.93. The van der Waals surface area contributed by atoms with Gasteiger partial charge in [-0.2, -0.15) is 0 Å². The molecule has 11 nitrogen and oxygen atoms in total. The van der Waals surface area contributed by atoms with Gasteiger partial charge in [0.05, 0.1) is 44.0 Å². The van der Waals surface area contributed by atoms with Crippen LogP contribution in [0.25, 0.3) is 0 Å². The molecule has 0 unspecified atom stereocenters. The molecule has 1 aromatic heterocycles. The lowest BCUT2D eigenvalue weighted by atomic mass is 10.0. The number of nitrogens with zero attached hydrogens (tertiary/aromatic N) is 3. The Morgan fingerprint density at radius 2 is 1.95 bits per heavy atom. The number of carbonyl (C=O) groups is 2. The van der Waals surface area contributed by atoms with Gasteiger partial charge in [0.2, 0.25) is 0 Å². The van der Waals surface area contributed by atoms with E-state index in [9.17, 15) is 18.0 Å². The number of carbonyl (C=O) groups excluding carboxylic acids is 2. The summed E-state index contributed by atoms with van der Waals surface area (Å²) in [5, 5.41) is 4.18. The van der Waals surface area contributed by atoms with E-state index in [1.165, 1.54) is 16.1 Å². The van der Waals surface area contributed by atoms with Gasteiger partial charge in [0, 0.05) is 7.05 Å². The van der Waals surface area contributed by atoms with Crippen LogP contribution in [0.2, 0.25) is 0 Å². The molecule has 3 rings (SSSR count). The fraction of sp³-hybridized carbons (Fsp3) is 0.577. The summed E-state index contributed by atoms with van der Waals surface area (Å²) in [4.78, 5) is 24.7. The fourth-order valence-electron chi connectivity index (χ4n) is 4.24. The molecule has 210 valence electrons. The standard InChI is InChI=1S/C26H37N3O8S/c1-9-35-25(31)16(2)12-19-15-29(38(32,33)23-17(3)28(7)27-24(23)34-8)20-13-18(10-11-21(20)36-19)14-22(30)37-26(4,5)6/h10-11,13,16,19H,9,12,14-15H2,1-8H3/t16-,19+/m1/s1. The van der Waals surface area contributed by atoms with Crippen molar-refractivity contribution < 1.29 is 37.0 Å². The second-order valence-corrected chi connectivity index (χ2v) is 12.1. The van der Waals surface area contributed by atoms with Crippen molar-refractivity contribution in [1.29, 1.82) is 0 Å². The molecule has 0 bridgehead atoms. The number of ether oxygens (including phenoxy) is 4. The van der Waals surface area contributed by atoms with Crippen molar-refractivity contribution >= 4 is 27.6 Å². The Morgan fingerprint density at radius 3 is 2.55 bits per heavy atom. The summed E-state index contributed by atoms with van der Waals surface area (Å²) in [5.74, 6) is -1.04. The number of anilines is 1. The highest BCUT2D eigenvalue weighted by Crippen LogP contribution is 2.41. The Balaban J connectivity index is 2.05. The molecule has 0 saturated heterocycles. The molecule has 0 aliphatic carbocycles. The van der Waals surface area contributed by atoms with Crippen molar-refractivity contribution in [2.45, 2.75) is 71.0 Å². The van der Waals surface area contributed by atoms with Crippen molar-refractivity contribution in [3.8, 4) is 11.6 Å². The molecule has 0 fully saturated rings. The molecule has 2 aromatic rings. The van der Waals surface area contributed by atoms with Crippen LogP contribution < -0.4 is 13.8 Å². The zero-order chi connectivity index (χ0) is 28.4. The van der Waals surface area contributed by atoms with E-state index in [1.54, 1.807) is 66.8 Å². The first-order valence-corrected chi connectivity index (χ1v) is 13.9. The number of aryl methyl sites for hydroxylation is 1. The number of fused-ring (bicyclic) bond motifs is 1. The third-order valence-electron chi connectivity index (χ3n) is 6.02. The summed E-state index contributed by atoms with van der Waals surface area (Å²) in [6.45, 7) is 10.6. The van der Waals surface area contributed by atoms with Gasteiger partial charge >= 0.3 is 11.9 Å². The van der Waals surface area contributed by atoms with Crippen molar-refractivity contribution in [1.82, 2.24) is 9.78 Å². The van der Waals surface area contributed by atoms with E-state index in [0.717, 1.165) is 0 Å². The predicted octanol–water partition coefficient (Wildman–Crippen LogP) is 3.17. The zero-order valence-electron chi connectivity index (χ0n) is 23.2. The van der Waals surface area contributed by atoms with Crippen LogP contribution in [0, 0.1) is 12.8 Å². The number of rotatable bonds is 9. The molecule has 0 saturated carbocycles. The molecular weight excluding hydrogens is 514 g/mol. The lowest BCUT2D eigenvalue weighted by molar-refractivity contribution is -0.154. The lowest BCUT2D eigenvalue weighted by Gasteiger charge is -2.36. The Kier molecular flexibility index (Phi) is 8.65. The maximum absolute atomic E-state index is 14.1. The van der Waals surface area contributed by atoms with Crippen LogP contribution in [0.4, 0.5) is 5.69 Å². The van der Waals surface area contributed by atoms with E-state index in [-0.39, 0.29) is 48.4 Å². The number of methoxy groups -OCH3 is 1. The van der Waals surface area contributed by atoms with Gasteiger partial charge in [-0.1, -0.05) is 13.0 Å². The molecule has 2 atom stereocenters. The number of hydrogen-bond acceptors (Lipinski definition) is 9. The molecule has 38 heavy (non-hydrogen) atoms. The molecule has 0 N–H and O–H groups in total. The first-order chi connectivity index (χ1) is 17.7. The van der Waals surface area contributed by atoms with Crippen LogP contribution >= 0.6 is 0 Å². The molecular formula is C26H37N3O8S. The van der Waals surface area contributed by atoms with Crippen molar-refractivity contribution in [3.63, 3.8) is 0 Å². The smallest absolute Gasteiger partial charge is 0.310 e. The van der Waals surface area contributed by atoms with Gasteiger partial charge in [-0.25, -0.2) is 8.42 Å². The van der Waals surface area contributed by atoms with Gasteiger partial charge < -0.3 is 18.9 Å². The van der Waals surface area contributed by atoms with Crippen LogP contribution in [-0.4, -0.2) is 62.1 Å². The number of aromatic nitrogens is 2. The van der Waals surface area contributed by atoms with E-state index in [4.69, 9.17) is 18.9 Å². The second kappa shape index (κ2) is 11.2. The molecule has 1 aromatic carbocycles. The number of hydrogen-bond donors (Lipinski definition) is 0. The largest absolute Gasteiger partial charge is 0.486 e. The summed E-state index contributed by atoms with van der Waals surface area (Å²) >= 11 is 0. The Labute approximate surface area is 224 Å². The number of sulfonamides is 1. The summed E-state index contributed by atoms with van der Waals surface area (Å²) in [5.41, 5.74) is 0.587. The summed E-state index contributed by atoms with van der Waals surface area (Å²) in [6, 6.07) is 4.94. The van der Waals surface area contributed by atoms with E-state index in [1.807, 2.05) is 0 Å². The van der Waals surface area contributed by atoms with Crippen LogP contribution in [0.5, 0.6) is 11.6 Å². The van der Waals surface area contributed by atoms with E-state index < -0.39 is 33.6 Å². The Hall–Kier alpha value is -3.28. The SMILES string of the molecule is CCOC(=O)[C@H](C)C[C@H]1CN(S(=O)(=O)c2c(OC)nn(C)c2C)c2cc(CC(=O)OC(C)(C)C)ccc2O1. The zero-order valence-corrected chi connectivity index (χ0v) is 24.0. The minimum atomic E-state index is -4.19. The van der Waals surface area contributed by atoms with Crippen LogP contribution in [0.3, 0.4) is 0 Å². The first kappa shape index (κ1) is 29.3. The quantitative estimate of drug-likeness (QED) is 0.432. The minimum Gasteiger partial charge on any atom is -0.486 e. The maximum Gasteiger partial charge on any atom is 0.310 e. The van der Waals surface area contributed by atoms with Gasteiger partial charge in [-0.05, 0) is 58.7 Å². The maximum atomic E-state index is 14.1. The monoisotopic (exact) mass is 551 g/mol. The number of benzene rings is 1. The van der Waals surface area contributed by atoms with Gasteiger partial charge in [-0.3, -0.25) is 18.6 Å². The third kappa shape index (κ3) is 6.40. The van der Waals surface area contributed by atoms with Crippen LogP contribution in [0.15, 0.2) is 23.1 Å². The van der Waals surface area contributed by atoms with Crippen LogP contribution in [0.1, 0.15) is 52.3 Å². The molecule has 0 spiro atoms. The molecule has 1 aliphatic heterocycles. The van der Waals surface area contributed by atoms with Gasteiger partial charge in [-0.15, -0.1) is 5.10 Å². The predicted molar refractivity (Wildman–Crippen MR) is 140 cm³/mol. The van der Waals surface area contributed by atoms with Crippen LogP contribution in [-0.2, 0) is 42.6 Å². The highest BCUT2D eigenvalue weighted by Gasteiger charge is 2.40. The molecule has 12 heteroatoms. The van der Waals surface area contributed by atoms with E-state index >= 15 is 0 Å². The fourth-order valence-corrected chi connectivity index (χ4v) is 6.07. The first-order valence-electron chi connectivity index (χ1n) is 12.5. The van der Waals surface area contributed by atoms with E-state index in [0.29, 0.717) is 17.0 Å². The average molecular weight is 552 g/mol. The molecule has 0 radical (unpaired) electrons. The van der Waals surface area contributed by atoms with Crippen molar-refractivity contribution in [3.05, 3.63) is 29.5 Å². The normalized spacial score (nSPS) is 16.3. The van der Waals surface area contributed by atoms with Crippen molar-refractivity contribution in [2.75, 3.05) is 24.6 Å². The molecule has 1 aliphatic rings. The minimum absolute atomic E-state index is 0.0283. The van der Waals surface area contributed by atoms with E-state index in [2.05, 4.69) is 5.10 Å². The molecule has 2 heterocycles. The van der Waals surface area contributed by atoms with Crippen molar-refractivity contribution in [2.24, 2.45) is 13.0 Å². The highest BCUT2D eigenvalue weighted by atomic mass is 32.2. The lowest BCUT2D eigenvalue weighted by Crippen LogP contribution is -2.45. The number of esters is 2. The Bertz CT molecular complexity index is 1300. The van der Waals surface area contributed by atoms with Gasteiger partial charge in [0.1, 0.15) is 17.5 Å². The second-order valence-electron chi connectivity index (χ2n) is 10.3. The summed E-state index contributed by atoms with van der Waals surface area (Å²) in [7, 11) is -1.20. The highest BCUT2D eigenvalue weighted by molar-refractivity contribution is 7.93. The van der Waals surface area contributed by atoms with Gasteiger partial charge in [0.15, 0.2) is 4.90 Å². The Morgan fingerprint density at radius 1 is 1.26 bits per heavy atom.